The number of cyclic esters (lactones) is 1. The Morgan fingerprint density at radius 3 is 2.44 bits per heavy atom. The average molecular weight is 431 g/mol. The molecule has 0 saturated carbocycles. The van der Waals surface area contributed by atoms with Gasteiger partial charge in [-0.05, 0) is 42.9 Å². The smallest absolute Gasteiger partial charge is 0.355 e. The van der Waals surface area contributed by atoms with Crippen LogP contribution in [0.15, 0.2) is 108 Å². The van der Waals surface area contributed by atoms with Gasteiger partial charge in [0, 0.05) is 6.54 Å². The lowest BCUT2D eigenvalue weighted by Crippen LogP contribution is -2.41. The number of carbonyl (C=O) groups excluding carboxylic acids is 4. The Hall–Kier alpha value is -4.26. The molecule has 0 aromatic carbocycles. The van der Waals surface area contributed by atoms with Crippen LogP contribution in [0.2, 0.25) is 0 Å². The zero-order valence-corrected chi connectivity index (χ0v) is 17.2. The fourth-order valence-corrected chi connectivity index (χ4v) is 2.79. The molecule has 0 aliphatic carbocycles. The predicted octanol–water partition coefficient (Wildman–Crippen LogP) is 2.93. The summed E-state index contributed by atoms with van der Waals surface area (Å²) in [5.41, 5.74) is -0.0449. The van der Waals surface area contributed by atoms with Crippen LogP contribution in [-0.2, 0) is 28.7 Å². The minimum atomic E-state index is -0.903. The Morgan fingerprint density at radius 2 is 1.56 bits per heavy atom. The third-order valence-electron chi connectivity index (χ3n) is 4.34. The molecule has 7 nitrogen and oxygen atoms in total. The van der Waals surface area contributed by atoms with Crippen molar-refractivity contribution in [3.05, 3.63) is 108 Å². The van der Waals surface area contributed by atoms with Crippen LogP contribution in [0.25, 0.3) is 0 Å². The van der Waals surface area contributed by atoms with Gasteiger partial charge >= 0.3 is 11.9 Å². The minimum absolute atomic E-state index is 0.0151. The van der Waals surface area contributed by atoms with Crippen molar-refractivity contribution in [2.45, 2.75) is 6.42 Å². The highest BCUT2D eigenvalue weighted by Gasteiger charge is 2.32. The Balaban J connectivity index is 1.85. The van der Waals surface area contributed by atoms with Crippen LogP contribution in [0.4, 0.5) is 0 Å². The molecule has 7 heteroatoms. The van der Waals surface area contributed by atoms with Crippen LogP contribution in [-0.4, -0.2) is 41.5 Å². The van der Waals surface area contributed by atoms with Gasteiger partial charge in [0.1, 0.15) is 11.5 Å². The number of esters is 1. The van der Waals surface area contributed by atoms with E-state index in [1.807, 2.05) is 0 Å². The monoisotopic (exact) mass is 431 g/mol. The largest absolute Gasteiger partial charge is 0.461 e. The van der Waals surface area contributed by atoms with Gasteiger partial charge in [0.05, 0.1) is 6.61 Å². The molecule has 3 aliphatic heterocycles. The van der Waals surface area contributed by atoms with Crippen molar-refractivity contribution in [3.8, 4) is 0 Å². The molecule has 0 unspecified atom stereocenters. The van der Waals surface area contributed by atoms with Crippen LogP contribution in [0, 0.1) is 0 Å². The van der Waals surface area contributed by atoms with Crippen molar-refractivity contribution in [2.75, 3.05) is 13.2 Å². The van der Waals surface area contributed by atoms with E-state index >= 15 is 0 Å². The molecule has 0 atom stereocenters. The van der Waals surface area contributed by atoms with Gasteiger partial charge in [-0.25, -0.2) is 4.79 Å². The molecular formula is C25H21NO6. The average Bonchev–Trinajstić information content (AvgIpc) is 2.81. The van der Waals surface area contributed by atoms with Gasteiger partial charge in [-0.3, -0.25) is 19.3 Å². The van der Waals surface area contributed by atoms with E-state index in [0.717, 1.165) is 4.90 Å². The van der Waals surface area contributed by atoms with E-state index in [1.54, 1.807) is 66.8 Å². The lowest BCUT2D eigenvalue weighted by molar-refractivity contribution is -0.147. The van der Waals surface area contributed by atoms with Gasteiger partial charge in [0.15, 0.2) is 11.5 Å². The quantitative estimate of drug-likeness (QED) is 0.433. The maximum absolute atomic E-state index is 12.8. The van der Waals surface area contributed by atoms with Crippen LogP contribution in [0.3, 0.4) is 0 Å². The summed E-state index contributed by atoms with van der Waals surface area (Å²) >= 11 is 0. The number of carbonyl (C=O) groups is 4. The highest BCUT2D eigenvalue weighted by molar-refractivity contribution is 6.42. The summed E-state index contributed by atoms with van der Waals surface area (Å²) in [6.45, 7) is 0.0639. The number of fused-ring (bicyclic) bond motifs is 3. The first-order valence-electron chi connectivity index (χ1n) is 9.95. The molecule has 162 valence electrons. The third kappa shape index (κ3) is 6.12. The number of hydrogen-bond acceptors (Lipinski definition) is 6. The normalized spacial score (nSPS) is 25.6. The number of ether oxygens (including phenoxy) is 2. The zero-order chi connectivity index (χ0) is 22.8. The molecule has 3 aliphatic rings. The Morgan fingerprint density at radius 1 is 0.750 bits per heavy atom. The highest BCUT2D eigenvalue weighted by Crippen LogP contribution is 2.19. The van der Waals surface area contributed by atoms with Gasteiger partial charge < -0.3 is 9.47 Å². The second-order valence-electron chi connectivity index (χ2n) is 6.64. The SMILES string of the molecule is O=C1\C=C/C=C\C=C/C=C2\C=CC=C(O2)C(=O)C(=O)N2CC=CC=C2C(=O)OCC/C=C\1. The van der Waals surface area contributed by atoms with E-state index in [4.69, 9.17) is 9.47 Å². The molecule has 0 saturated heterocycles. The highest BCUT2D eigenvalue weighted by atomic mass is 16.5. The number of amides is 1. The summed E-state index contributed by atoms with van der Waals surface area (Å²) < 4.78 is 10.7. The van der Waals surface area contributed by atoms with Crippen molar-refractivity contribution in [3.63, 3.8) is 0 Å². The Kier molecular flexibility index (Phi) is 7.86. The number of allylic oxidation sites excluding steroid dienone is 13. The molecule has 0 spiro atoms. The molecule has 0 N–H and O–H groups in total. The van der Waals surface area contributed by atoms with Gasteiger partial charge in [-0.2, -0.15) is 0 Å². The number of ketones is 2. The van der Waals surface area contributed by atoms with Crippen LogP contribution >= 0.6 is 0 Å². The number of rotatable bonds is 0. The molecule has 32 heavy (non-hydrogen) atoms. The summed E-state index contributed by atoms with van der Waals surface area (Å²) in [7, 11) is 0. The van der Waals surface area contributed by atoms with Crippen LogP contribution in [0.1, 0.15) is 6.42 Å². The first kappa shape index (κ1) is 22.4. The maximum Gasteiger partial charge on any atom is 0.355 e. The van der Waals surface area contributed by atoms with Gasteiger partial charge in [0.25, 0.3) is 5.78 Å². The molecule has 3 rings (SSSR count). The first-order valence-corrected chi connectivity index (χ1v) is 9.95. The van der Waals surface area contributed by atoms with E-state index in [2.05, 4.69) is 0 Å². The molecule has 0 aromatic heterocycles. The number of hydrogen-bond donors (Lipinski definition) is 0. The Labute approximate surface area is 185 Å². The van der Waals surface area contributed by atoms with Crippen molar-refractivity contribution in [1.82, 2.24) is 4.90 Å². The summed E-state index contributed by atoms with van der Waals surface area (Å²) in [6.07, 6.45) is 24.1. The summed E-state index contributed by atoms with van der Waals surface area (Å²) in [4.78, 5) is 50.9. The number of nitrogens with zero attached hydrogens (tertiary/aromatic N) is 1. The van der Waals surface area contributed by atoms with E-state index in [9.17, 15) is 19.2 Å². The van der Waals surface area contributed by atoms with Crippen LogP contribution < -0.4 is 0 Å². The topological polar surface area (TPSA) is 90.0 Å². The molecule has 2 bridgehead atoms. The van der Waals surface area contributed by atoms with Crippen molar-refractivity contribution in [1.29, 1.82) is 0 Å². The van der Waals surface area contributed by atoms with E-state index in [1.165, 1.54) is 24.3 Å². The van der Waals surface area contributed by atoms with E-state index < -0.39 is 17.7 Å². The van der Waals surface area contributed by atoms with Crippen molar-refractivity contribution < 1.29 is 28.7 Å². The molecule has 1 amide bonds. The maximum atomic E-state index is 12.8. The molecule has 3 heterocycles. The molecule has 0 aromatic rings. The van der Waals surface area contributed by atoms with E-state index in [0.29, 0.717) is 12.2 Å². The van der Waals surface area contributed by atoms with E-state index in [-0.39, 0.29) is 30.4 Å². The lowest BCUT2D eigenvalue weighted by atomic mass is 10.1. The molecule has 0 fully saturated rings. The van der Waals surface area contributed by atoms with Gasteiger partial charge in [-0.15, -0.1) is 0 Å². The first-order chi connectivity index (χ1) is 15.6. The molecular weight excluding hydrogens is 410 g/mol. The number of Topliss-reactive ketones (excluding diaryl/α,β-unsaturated/α-hetero) is 1. The second-order valence-corrected chi connectivity index (χ2v) is 6.64. The van der Waals surface area contributed by atoms with Crippen molar-refractivity contribution >= 4 is 23.4 Å². The van der Waals surface area contributed by atoms with Crippen molar-refractivity contribution in [2.24, 2.45) is 0 Å². The predicted molar refractivity (Wildman–Crippen MR) is 117 cm³/mol. The Bertz CT molecular complexity index is 1080. The zero-order valence-electron chi connectivity index (χ0n) is 17.2. The lowest BCUT2D eigenvalue weighted by Gasteiger charge is -2.24. The van der Waals surface area contributed by atoms with Gasteiger partial charge in [-0.1, -0.05) is 54.7 Å². The summed E-state index contributed by atoms with van der Waals surface area (Å²) in [5.74, 6) is -2.50. The fourth-order valence-electron chi connectivity index (χ4n) is 2.79. The standard InChI is InChI=1S/C25H21NO6/c27-19-11-4-2-1-3-5-13-20-14-10-16-22(32-20)23(28)24(29)26-17-8-6-15-21(26)25(30)31-18-9-7-12-19/h1-8,10-16H,9,17-18H2/b2-1-,5-3-,11-4-,12-7-,20-13+. The molecule has 0 radical (unpaired) electrons. The van der Waals surface area contributed by atoms with Gasteiger partial charge in [0.2, 0.25) is 0 Å². The fraction of sp³-hybridized carbons (Fsp3) is 0.120. The summed E-state index contributed by atoms with van der Waals surface area (Å²) in [5, 5.41) is 0. The van der Waals surface area contributed by atoms with Crippen LogP contribution in [0.5, 0.6) is 0 Å². The second kappa shape index (κ2) is 11.2. The summed E-state index contributed by atoms with van der Waals surface area (Å²) in [6, 6.07) is 0. The minimum Gasteiger partial charge on any atom is -0.461 e. The third-order valence-corrected chi connectivity index (χ3v) is 4.34.